The Hall–Kier alpha value is -1.62. The normalized spacial score (nSPS) is 13.6. The van der Waals surface area contributed by atoms with Crippen LogP contribution in [0, 0.1) is 23.7 Å². The maximum absolute atomic E-state index is 8.56. The van der Waals surface area contributed by atoms with Crippen molar-refractivity contribution >= 4 is 12.3 Å². The lowest BCUT2D eigenvalue weighted by molar-refractivity contribution is -0.250. The highest BCUT2D eigenvalue weighted by atomic mass is 17.1. The van der Waals surface area contributed by atoms with Crippen LogP contribution in [0.2, 0.25) is 0 Å². The van der Waals surface area contributed by atoms with Gasteiger partial charge in [-0.15, -0.1) is 0 Å². The van der Waals surface area contributed by atoms with E-state index in [4.69, 9.17) is 40.5 Å². The molecule has 10 nitrogen and oxygen atoms in total. The summed E-state index contributed by atoms with van der Waals surface area (Å²) in [6.45, 7) is 14.0. The zero-order valence-corrected chi connectivity index (χ0v) is 19.3. The zero-order chi connectivity index (χ0) is 24.5. The van der Waals surface area contributed by atoms with Crippen molar-refractivity contribution in [1.82, 2.24) is 0 Å². The highest BCUT2D eigenvalue weighted by Crippen LogP contribution is 2.17. The van der Waals surface area contributed by atoms with Gasteiger partial charge in [0, 0.05) is 0 Å². The number of rotatable bonds is 12. The maximum atomic E-state index is 8.56. The van der Waals surface area contributed by atoms with Crippen LogP contribution in [0.4, 0.5) is 9.59 Å². The molecule has 0 aliphatic rings. The summed E-state index contributed by atoms with van der Waals surface area (Å²) in [5, 5.41) is 44.2. The number of hydrogen-bond acceptors (Lipinski definition) is 6. The average Bonchev–Trinajstić information content (AvgIpc) is 2.55. The molecule has 6 N–H and O–H groups in total. The Labute approximate surface area is 180 Å². The van der Waals surface area contributed by atoms with Gasteiger partial charge in [0.25, 0.3) is 0 Å². The van der Waals surface area contributed by atoms with Gasteiger partial charge in [-0.05, 0) is 36.5 Å². The summed E-state index contributed by atoms with van der Waals surface area (Å²) >= 11 is 0. The molecule has 0 aromatic heterocycles. The van der Waals surface area contributed by atoms with Crippen molar-refractivity contribution in [3.05, 3.63) is 0 Å². The second-order valence-electron chi connectivity index (χ2n) is 7.63. The third-order valence-electron chi connectivity index (χ3n) is 3.89. The minimum atomic E-state index is -1.83. The van der Waals surface area contributed by atoms with Gasteiger partial charge in [-0.3, -0.25) is 10.5 Å². The smallest absolute Gasteiger partial charge is 0.450 e. The van der Waals surface area contributed by atoms with Gasteiger partial charge < -0.3 is 20.4 Å². The highest BCUT2D eigenvalue weighted by molar-refractivity contribution is 5.53. The molecule has 0 aliphatic carbocycles. The van der Waals surface area contributed by atoms with E-state index in [2.05, 4.69) is 51.3 Å². The summed E-state index contributed by atoms with van der Waals surface area (Å²) in [6.07, 6.45) is 3.66. The molecule has 0 aromatic carbocycles. The number of carboxylic acid groups (broad SMARTS) is 4. The SMILES string of the molecule is CCCC(C)CC(C)COO.CCCC(C)CC(C)COO.O=C(O)O.O=C(O)O. The molecule has 4 unspecified atom stereocenters. The first-order valence-electron chi connectivity index (χ1n) is 10.2. The molecule has 0 spiro atoms. The molecule has 0 rings (SSSR count). The van der Waals surface area contributed by atoms with E-state index in [1.54, 1.807) is 0 Å². The minimum absolute atomic E-state index is 0.466. The Morgan fingerprint density at radius 2 is 0.867 bits per heavy atom. The van der Waals surface area contributed by atoms with Crippen molar-refractivity contribution in [3.63, 3.8) is 0 Å². The molecule has 30 heavy (non-hydrogen) atoms. The Morgan fingerprint density at radius 1 is 0.633 bits per heavy atom. The molecule has 0 amide bonds. The van der Waals surface area contributed by atoms with E-state index in [-0.39, 0.29) is 0 Å². The monoisotopic (exact) mass is 444 g/mol. The molecule has 0 heterocycles. The number of carbonyl (C=O) groups is 2. The van der Waals surface area contributed by atoms with E-state index in [0.717, 1.165) is 24.7 Å². The Bertz CT molecular complexity index is 303. The second kappa shape index (κ2) is 27.4. The van der Waals surface area contributed by atoms with Crippen molar-refractivity contribution in [1.29, 1.82) is 0 Å². The largest absolute Gasteiger partial charge is 0.503 e. The van der Waals surface area contributed by atoms with Gasteiger partial charge in [0.05, 0.1) is 13.2 Å². The molecule has 0 radical (unpaired) electrons. The predicted molar refractivity (Wildman–Crippen MR) is 114 cm³/mol. The molecular weight excluding hydrogens is 400 g/mol. The quantitative estimate of drug-likeness (QED) is 0.147. The first kappa shape index (κ1) is 35.8. The van der Waals surface area contributed by atoms with E-state index in [1.165, 1.54) is 25.7 Å². The standard InChI is InChI=1S/2C9H20O2.2CH2O3/c2*1-4-5-8(2)6-9(3)7-11-10;2*2-1(3)4/h2*8-10H,4-7H2,1-3H3;2*(H2,2,3,4). The highest BCUT2D eigenvalue weighted by Gasteiger charge is 2.08. The third-order valence-corrected chi connectivity index (χ3v) is 3.89. The van der Waals surface area contributed by atoms with Crippen LogP contribution in [0.5, 0.6) is 0 Å². The minimum Gasteiger partial charge on any atom is -0.450 e. The van der Waals surface area contributed by atoms with Crippen molar-refractivity contribution in [2.24, 2.45) is 23.7 Å². The van der Waals surface area contributed by atoms with Crippen LogP contribution in [0.25, 0.3) is 0 Å². The van der Waals surface area contributed by atoms with E-state index >= 15 is 0 Å². The molecule has 184 valence electrons. The summed E-state index contributed by atoms with van der Waals surface area (Å²) in [6, 6.07) is 0. The first-order valence-corrected chi connectivity index (χ1v) is 10.2. The molecule has 0 aliphatic heterocycles. The lowest BCUT2D eigenvalue weighted by Crippen LogP contribution is -2.08. The first-order chi connectivity index (χ1) is 13.9. The van der Waals surface area contributed by atoms with Crippen LogP contribution in [0.15, 0.2) is 0 Å². The topological polar surface area (TPSA) is 174 Å². The van der Waals surface area contributed by atoms with E-state index in [9.17, 15) is 0 Å². The average molecular weight is 445 g/mol. The van der Waals surface area contributed by atoms with Crippen molar-refractivity contribution < 1.29 is 50.3 Å². The summed E-state index contributed by atoms with van der Waals surface area (Å²) in [5.41, 5.74) is 0. The molecule has 0 bridgehead atoms. The molecule has 0 aromatic rings. The zero-order valence-electron chi connectivity index (χ0n) is 19.3. The van der Waals surface area contributed by atoms with E-state index < -0.39 is 12.3 Å². The van der Waals surface area contributed by atoms with Crippen molar-refractivity contribution in [2.75, 3.05) is 13.2 Å². The second-order valence-corrected chi connectivity index (χ2v) is 7.63. The van der Waals surface area contributed by atoms with Crippen LogP contribution < -0.4 is 0 Å². The van der Waals surface area contributed by atoms with Crippen LogP contribution in [0.3, 0.4) is 0 Å². The summed E-state index contributed by atoms with van der Waals surface area (Å²) in [5.74, 6) is 2.46. The van der Waals surface area contributed by atoms with Crippen LogP contribution >= 0.6 is 0 Å². The van der Waals surface area contributed by atoms with Gasteiger partial charge in [0.1, 0.15) is 0 Å². The van der Waals surface area contributed by atoms with Gasteiger partial charge in [0.15, 0.2) is 0 Å². The molecule has 0 saturated carbocycles. The summed E-state index contributed by atoms with van der Waals surface area (Å²) in [4.78, 5) is 25.3. The molecular formula is C20H44O10. The van der Waals surface area contributed by atoms with Crippen LogP contribution in [0.1, 0.15) is 80.1 Å². The molecule has 0 fully saturated rings. The Balaban J connectivity index is -0.000000167. The summed E-state index contributed by atoms with van der Waals surface area (Å²) < 4.78 is 0. The Kier molecular flexibility index (Phi) is 32.7. The fourth-order valence-electron chi connectivity index (χ4n) is 2.99. The fourth-order valence-corrected chi connectivity index (χ4v) is 2.99. The van der Waals surface area contributed by atoms with Crippen molar-refractivity contribution in [3.8, 4) is 0 Å². The number of hydrogen-bond donors (Lipinski definition) is 6. The molecule has 4 atom stereocenters. The van der Waals surface area contributed by atoms with Gasteiger partial charge >= 0.3 is 12.3 Å². The lowest BCUT2D eigenvalue weighted by Gasteiger charge is -2.14. The maximum Gasteiger partial charge on any atom is 0.503 e. The lowest BCUT2D eigenvalue weighted by atomic mass is 9.94. The van der Waals surface area contributed by atoms with Crippen LogP contribution in [-0.2, 0) is 9.78 Å². The van der Waals surface area contributed by atoms with E-state index in [1.807, 2.05) is 0 Å². The predicted octanol–water partition coefficient (Wildman–Crippen LogP) is 6.32. The fraction of sp³-hybridized carbons (Fsp3) is 0.900. The Morgan fingerprint density at radius 3 is 1.03 bits per heavy atom. The molecule has 10 heteroatoms. The third kappa shape index (κ3) is 50.3. The molecule has 0 saturated heterocycles. The summed E-state index contributed by atoms with van der Waals surface area (Å²) in [7, 11) is 0. The van der Waals surface area contributed by atoms with Gasteiger partial charge in [-0.25, -0.2) is 19.4 Å². The van der Waals surface area contributed by atoms with Gasteiger partial charge in [-0.2, -0.15) is 0 Å². The van der Waals surface area contributed by atoms with Crippen LogP contribution in [-0.4, -0.2) is 56.5 Å². The van der Waals surface area contributed by atoms with Crippen molar-refractivity contribution in [2.45, 2.75) is 80.1 Å². The van der Waals surface area contributed by atoms with Gasteiger partial charge in [-0.1, -0.05) is 67.2 Å². The van der Waals surface area contributed by atoms with Gasteiger partial charge in [0.2, 0.25) is 0 Å². The van der Waals surface area contributed by atoms with E-state index in [0.29, 0.717) is 25.0 Å².